The van der Waals surface area contributed by atoms with Crippen LogP contribution in [0, 0.1) is 26.6 Å². The number of nitrogens with zero attached hydrogens (tertiary/aromatic N) is 6. The molecule has 4 heterocycles. The van der Waals surface area contributed by atoms with Crippen molar-refractivity contribution in [3.8, 4) is 11.4 Å². The molecule has 7 aromatic rings. The van der Waals surface area contributed by atoms with E-state index in [1.54, 1.807) is 0 Å². The van der Waals surface area contributed by atoms with Crippen LogP contribution in [0.3, 0.4) is 0 Å². The molecule has 0 saturated carbocycles. The van der Waals surface area contributed by atoms with Crippen LogP contribution < -0.4 is 14.4 Å². The summed E-state index contributed by atoms with van der Waals surface area (Å²) >= 11 is 0. The Morgan fingerprint density at radius 2 is 1.33 bits per heavy atom. The largest absolute Gasteiger partial charge is 0.478 e. The number of hydrogen-bond donors (Lipinski definition) is 0. The molecule has 0 atom stereocenters. The number of aromatic nitrogens is 4. The maximum Gasteiger partial charge on any atom is 0.274 e. The molecule has 0 fully saturated rings. The molecule has 0 N–H and O–H groups in total. The number of para-hydroxylation sites is 4. The first kappa shape index (κ1) is 33.0. The molecular weight excluding hydrogens is 860 g/mol. The number of fused-ring (bicyclic) bond motifs is 2. The summed E-state index contributed by atoms with van der Waals surface area (Å²) in [5.41, 5.74) is 10.0. The monoisotopic (exact) mass is 892 g/mol. The second-order valence-electron chi connectivity index (χ2n) is 10.6. The number of halogens is 1. The first-order valence-corrected chi connectivity index (χ1v) is 14.6. The molecule has 8 rings (SSSR count). The molecule has 0 spiro atoms. The van der Waals surface area contributed by atoms with Gasteiger partial charge in [0, 0.05) is 38.2 Å². The van der Waals surface area contributed by atoms with Crippen LogP contribution in [0.2, 0.25) is 0 Å². The Labute approximate surface area is 300 Å². The average molecular weight is 892 g/mol. The van der Waals surface area contributed by atoms with Gasteiger partial charge >= 0.3 is 0 Å². The van der Waals surface area contributed by atoms with Gasteiger partial charge in [0.1, 0.15) is 17.2 Å². The predicted octanol–water partition coefficient (Wildman–Crippen LogP) is 8.83. The summed E-state index contributed by atoms with van der Waals surface area (Å²) in [5.74, 6) is 0.924. The number of imidazole rings is 1. The summed E-state index contributed by atoms with van der Waals surface area (Å²) in [6.07, 6.45) is 5.77. The van der Waals surface area contributed by atoms with Crippen molar-refractivity contribution >= 4 is 58.0 Å². The zero-order valence-electron chi connectivity index (χ0n) is 25.4. The van der Waals surface area contributed by atoms with Crippen LogP contribution in [0.1, 0.15) is 11.1 Å². The van der Waals surface area contributed by atoms with Gasteiger partial charge in [-0.3, -0.25) is 0 Å². The van der Waals surface area contributed by atoms with Crippen molar-refractivity contribution in [2.45, 2.75) is 13.8 Å². The van der Waals surface area contributed by atoms with E-state index < -0.39 is 0 Å². The molecular formula is C38H32IIrN6-. The molecule has 1 aliphatic rings. The van der Waals surface area contributed by atoms with Crippen molar-refractivity contribution in [3.63, 3.8) is 0 Å². The molecule has 0 bridgehead atoms. The van der Waals surface area contributed by atoms with Gasteiger partial charge in [-0.1, -0.05) is 54.6 Å². The van der Waals surface area contributed by atoms with Crippen LogP contribution in [0.4, 0.5) is 22.9 Å². The fourth-order valence-corrected chi connectivity index (χ4v) is 5.53. The van der Waals surface area contributed by atoms with Crippen LogP contribution >= 0.6 is 24.0 Å². The molecule has 0 unspecified atom stereocenters. The van der Waals surface area contributed by atoms with E-state index in [-0.39, 0.29) is 44.1 Å². The molecule has 6 nitrogen and oxygen atoms in total. The zero-order chi connectivity index (χ0) is 29.9. The summed E-state index contributed by atoms with van der Waals surface area (Å²) in [6, 6.07) is 46.4. The van der Waals surface area contributed by atoms with Crippen molar-refractivity contribution < 1.29 is 24.7 Å². The van der Waals surface area contributed by atoms with E-state index in [1.165, 1.54) is 16.8 Å². The number of pyridine rings is 2. The first-order chi connectivity index (χ1) is 21.7. The van der Waals surface area contributed by atoms with Gasteiger partial charge in [-0.05, 0) is 73.5 Å². The molecule has 3 aromatic heterocycles. The Balaban J connectivity index is 0.000000174. The summed E-state index contributed by atoms with van der Waals surface area (Å²) in [4.78, 5) is 13.4. The average Bonchev–Trinajstić information content (AvgIpc) is 3.66. The molecule has 0 aliphatic carbocycles. The normalized spacial score (nSPS) is 11.6. The van der Waals surface area contributed by atoms with E-state index in [0.717, 1.165) is 39.7 Å². The first-order valence-electron chi connectivity index (χ1n) is 14.6. The smallest absolute Gasteiger partial charge is 0.274 e. The van der Waals surface area contributed by atoms with Crippen LogP contribution in [-0.4, -0.2) is 14.5 Å². The van der Waals surface area contributed by atoms with Crippen molar-refractivity contribution in [1.29, 1.82) is 0 Å². The van der Waals surface area contributed by atoms with Gasteiger partial charge in [0.2, 0.25) is 0 Å². The number of hydrogen-bond acceptors (Lipinski definition) is 4. The molecule has 0 saturated heterocycles. The van der Waals surface area contributed by atoms with Gasteiger partial charge in [-0.25, -0.2) is 9.97 Å². The number of aryl methyl sites for hydroxylation is 2. The van der Waals surface area contributed by atoms with Crippen LogP contribution in [0.25, 0.3) is 22.5 Å². The Hall–Kier alpha value is -4.37. The van der Waals surface area contributed by atoms with Crippen LogP contribution in [-0.2, 0) is 20.1 Å². The van der Waals surface area contributed by atoms with E-state index in [2.05, 4.69) is 135 Å². The Morgan fingerprint density at radius 3 is 2.09 bits per heavy atom. The molecule has 1 aliphatic heterocycles. The fourth-order valence-electron chi connectivity index (χ4n) is 5.53. The van der Waals surface area contributed by atoms with Crippen LogP contribution in [0.5, 0.6) is 0 Å². The minimum absolute atomic E-state index is 0. The maximum absolute atomic E-state index is 4.58. The number of rotatable bonds is 4. The second-order valence-corrected chi connectivity index (χ2v) is 10.6. The summed E-state index contributed by atoms with van der Waals surface area (Å²) in [6.45, 7) is 6.33. The maximum atomic E-state index is 4.58. The molecule has 8 heteroatoms. The van der Waals surface area contributed by atoms with Gasteiger partial charge in [-0.15, -0.1) is 36.3 Å². The van der Waals surface area contributed by atoms with Crippen molar-refractivity contribution in [2.75, 3.05) is 9.80 Å². The summed E-state index contributed by atoms with van der Waals surface area (Å²) in [7, 11) is 0. The third-order valence-electron chi connectivity index (χ3n) is 7.71. The third-order valence-corrected chi connectivity index (χ3v) is 7.71. The Bertz CT molecular complexity index is 2050. The van der Waals surface area contributed by atoms with Gasteiger partial charge in [0.05, 0.1) is 5.69 Å². The van der Waals surface area contributed by atoms with Gasteiger partial charge < -0.3 is 9.80 Å². The van der Waals surface area contributed by atoms with E-state index in [0.29, 0.717) is 0 Å². The van der Waals surface area contributed by atoms with Crippen LogP contribution in [0.15, 0.2) is 146 Å². The molecule has 46 heavy (non-hydrogen) atoms. The van der Waals surface area contributed by atoms with Crippen molar-refractivity contribution in [1.82, 2.24) is 14.5 Å². The van der Waals surface area contributed by atoms with Gasteiger partial charge in [0.15, 0.2) is 5.52 Å². The van der Waals surface area contributed by atoms with E-state index in [4.69, 9.17) is 0 Å². The fraction of sp³-hybridized carbons (Fsp3) is 0.0526. The molecule has 1 radical (unpaired) electrons. The van der Waals surface area contributed by atoms with E-state index >= 15 is 0 Å². The second kappa shape index (κ2) is 14.8. The quantitative estimate of drug-likeness (QED) is 0.101. The Kier molecular flexibility index (Phi) is 10.6. The zero-order valence-corrected chi connectivity index (χ0v) is 30.1. The summed E-state index contributed by atoms with van der Waals surface area (Å²) in [5, 5.41) is 0. The Morgan fingerprint density at radius 1 is 0.652 bits per heavy atom. The molecule has 0 amide bonds. The van der Waals surface area contributed by atoms with Crippen molar-refractivity contribution in [2.24, 2.45) is 0 Å². The molecule has 4 aromatic carbocycles. The minimum atomic E-state index is 0. The standard InChI is InChI=1S/C19H16N3.C19H15N3.HI.Ir/c2*1-15-8-5-6-11-17(15)22-14-21(16-9-3-2-4-10-16)19-18(22)12-7-13-20-19;;/h2-14H,1H3;2-9,11-14H,1H3;1H;/q+1;-2;;. The van der Waals surface area contributed by atoms with E-state index in [9.17, 15) is 0 Å². The van der Waals surface area contributed by atoms with E-state index in [1.807, 2.05) is 67.0 Å². The SMILES string of the molecule is Cc1ccccc1-[n+]1cn(-c2ccccc2)c2ncccc21.Cc1ccccc1N1[CH-]N(c2[c-]cccc2)c2ncccc21.I.[Ir]. The topological polar surface area (TPSA) is 41.1 Å². The third kappa shape index (κ3) is 6.47. The minimum Gasteiger partial charge on any atom is -0.478 e. The van der Waals surface area contributed by atoms with Gasteiger partial charge in [-0.2, -0.15) is 39.5 Å². The van der Waals surface area contributed by atoms with Crippen molar-refractivity contribution in [3.05, 3.63) is 170 Å². The summed E-state index contributed by atoms with van der Waals surface area (Å²) < 4.78 is 4.33. The van der Waals surface area contributed by atoms with Gasteiger partial charge in [0.25, 0.3) is 12.0 Å². The number of anilines is 4. The predicted molar refractivity (Wildman–Crippen MR) is 192 cm³/mol. The number of benzene rings is 4. The molecule has 231 valence electrons.